The summed E-state index contributed by atoms with van der Waals surface area (Å²) in [6.45, 7) is 5.26. The Balaban J connectivity index is 1.43. The molecule has 0 bridgehead atoms. The van der Waals surface area contributed by atoms with Gasteiger partial charge < -0.3 is 14.9 Å². The van der Waals surface area contributed by atoms with Gasteiger partial charge in [0.2, 0.25) is 5.91 Å². The number of aliphatic hydroxyl groups is 1. The summed E-state index contributed by atoms with van der Waals surface area (Å²) >= 11 is 0. The molecule has 2 aliphatic heterocycles. The molecule has 23 heavy (non-hydrogen) atoms. The highest BCUT2D eigenvalue weighted by Crippen LogP contribution is 2.17. The fraction of sp³-hybridized carbons (Fsp3) is 0.588. The average molecular weight is 321 g/mol. The molecule has 1 amide bonds. The number of carbonyl (C=O) groups excluding carboxylic acids is 1. The monoisotopic (exact) mass is 321 g/mol. The molecule has 1 aromatic rings. The van der Waals surface area contributed by atoms with E-state index in [-0.39, 0.29) is 11.7 Å². The molecule has 126 valence electrons. The van der Waals surface area contributed by atoms with Gasteiger partial charge in [-0.3, -0.25) is 9.69 Å². The van der Waals surface area contributed by atoms with Gasteiger partial charge in [0.15, 0.2) is 0 Å². The molecule has 5 nitrogen and oxygen atoms in total. The molecule has 0 aromatic heterocycles. The van der Waals surface area contributed by atoms with Gasteiger partial charge in [-0.25, -0.2) is 4.39 Å². The van der Waals surface area contributed by atoms with E-state index in [2.05, 4.69) is 9.80 Å². The number of hydrogen-bond donors (Lipinski definition) is 1. The number of aliphatic hydroxyl groups excluding tert-OH is 1. The van der Waals surface area contributed by atoms with E-state index in [0.717, 1.165) is 44.8 Å². The van der Waals surface area contributed by atoms with Crippen LogP contribution in [0.2, 0.25) is 0 Å². The lowest BCUT2D eigenvalue weighted by Gasteiger charge is -2.37. The first kappa shape index (κ1) is 16.2. The summed E-state index contributed by atoms with van der Waals surface area (Å²) in [5, 5.41) is 10.2. The van der Waals surface area contributed by atoms with Crippen molar-refractivity contribution < 1.29 is 14.3 Å². The maximum Gasteiger partial charge on any atom is 0.222 e. The molecule has 1 atom stereocenters. The predicted octanol–water partition coefficient (Wildman–Crippen LogP) is 0.931. The average Bonchev–Trinajstić information content (AvgIpc) is 2.94. The molecule has 0 aliphatic carbocycles. The first-order chi connectivity index (χ1) is 11.1. The van der Waals surface area contributed by atoms with Crippen LogP contribution in [0.25, 0.3) is 0 Å². The highest BCUT2D eigenvalue weighted by molar-refractivity contribution is 5.78. The number of rotatable bonds is 5. The quantitative estimate of drug-likeness (QED) is 0.876. The third-order valence-corrected chi connectivity index (χ3v) is 4.64. The Labute approximate surface area is 136 Å². The first-order valence-electron chi connectivity index (χ1n) is 8.30. The summed E-state index contributed by atoms with van der Waals surface area (Å²) in [5.74, 6) is -0.0582. The number of amides is 1. The van der Waals surface area contributed by atoms with E-state index in [0.29, 0.717) is 19.5 Å². The van der Waals surface area contributed by atoms with Gasteiger partial charge in [-0.1, -0.05) is 0 Å². The summed E-state index contributed by atoms with van der Waals surface area (Å²) in [6.07, 6.45) is 1.03. The Morgan fingerprint density at radius 3 is 2.35 bits per heavy atom. The van der Waals surface area contributed by atoms with E-state index < -0.39 is 6.10 Å². The molecule has 1 N–H and O–H groups in total. The van der Waals surface area contributed by atoms with Crippen molar-refractivity contribution in [1.82, 2.24) is 9.80 Å². The molecule has 2 saturated heterocycles. The van der Waals surface area contributed by atoms with Crippen LogP contribution in [0.4, 0.5) is 10.1 Å². The van der Waals surface area contributed by atoms with Crippen LogP contribution < -0.4 is 4.90 Å². The molecule has 1 aromatic carbocycles. The van der Waals surface area contributed by atoms with Crippen molar-refractivity contribution in [2.24, 2.45) is 0 Å². The Bertz CT molecular complexity index is 529. The number of piperazine rings is 1. The van der Waals surface area contributed by atoms with Gasteiger partial charge in [-0.05, 0) is 30.7 Å². The number of anilines is 1. The Hall–Kier alpha value is -1.66. The van der Waals surface area contributed by atoms with Gasteiger partial charge in [-0.15, -0.1) is 0 Å². The van der Waals surface area contributed by atoms with E-state index in [1.54, 1.807) is 17.0 Å². The van der Waals surface area contributed by atoms with Crippen LogP contribution >= 0.6 is 0 Å². The minimum Gasteiger partial charge on any atom is -0.390 e. The van der Waals surface area contributed by atoms with Crippen LogP contribution in [-0.4, -0.2) is 72.7 Å². The lowest BCUT2D eigenvalue weighted by Crippen LogP contribution is -2.50. The fourth-order valence-electron chi connectivity index (χ4n) is 3.35. The van der Waals surface area contributed by atoms with Crippen LogP contribution in [-0.2, 0) is 4.79 Å². The van der Waals surface area contributed by atoms with Crippen LogP contribution in [0.1, 0.15) is 12.8 Å². The van der Waals surface area contributed by atoms with Gasteiger partial charge in [0.25, 0.3) is 0 Å². The first-order valence-corrected chi connectivity index (χ1v) is 8.30. The smallest absolute Gasteiger partial charge is 0.222 e. The van der Waals surface area contributed by atoms with Gasteiger partial charge >= 0.3 is 0 Å². The summed E-state index contributed by atoms with van der Waals surface area (Å²) in [7, 11) is 0. The summed E-state index contributed by atoms with van der Waals surface area (Å²) in [4.78, 5) is 17.8. The van der Waals surface area contributed by atoms with Gasteiger partial charge in [0.1, 0.15) is 5.82 Å². The van der Waals surface area contributed by atoms with Crippen molar-refractivity contribution in [2.45, 2.75) is 18.9 Å². The molecule has 1 unspecified atom stereocenters. The topological polar surface area (TPSA) is 47.0 Å². The SMILES string of the molecule is O=C1CCCN1CC(O)CN1CCN(c2ccc(F)cc2)CC1. The molecule has 2 heterocycles. The van der Waals surface area contributed by atoms with Crippen LogP contribution in [0.5, 0.6) is 0 Å². The number of β-amino-alcohol motifs (C(OH)–C–C–N with tert-alkyl or cyclic N) is 1. The Morgan fingerprint density at radius 1 is 1.04 bits per heavy atom. The number of carbonyl (C=O) groups is 1. The summed E-state index contributed by atoms with van der Waals surface area (Å²) in [6, 6.07) is 6.58. The molecule has 0 saturated carbocycles. The van der Waals surface area contributed by atoms with Crippen LogP contribution in [0, 0.1) is 5.82 Å². The van der Waals surface area contributed by atoms with Crippen molar-refractivity contribution in [3.8, 4) is 0 Å². The zero-order chi connectivity index (χ0) is 16.2. The minimum absolute atomic E-state index is 0.158. The van der Waals surface area contributed by atoms with Crippen LogP contribution in [0.15, 0.2) is 24.3 Å². The van der Waals surface area contributed by atoms with Crippen molar-refractivity contribution >= 4 is 11.6 Å². The van der Waals surface area contributed by atoms with E-state index in [1.807, 2.05) is 0 Å². The lowest BCUT2D eigenvalue weighted by molar-refractivity contribution is -0.129. The van der Waals surface area contributed by atoms with Crippen molar-refractivity contribution in [1.29, 1.82) is 0 Å². The zero-order valence-corrected chi connectivity index (χ0v) is 13.3. The molecule has 2 fully saturated rings. The van der Waals surface area contributed by atoms with Gasteiger partial charge in [0.05, 0.1) is 6.10 Å². The van der Waals surface area contributed by atoms with Crippen molar-refractivity contribution in [3.63, 3.8) is 0 Å². The second-order valence-electron chi connectivity index (χ2n) is 6.36. The molecular formula is C17H24FN3O2. The summed E-state index contributed by atoms with van der Waals surface area (Å²) < 4.78 is 13.0. The highest BCUT2D eigenvalue weighted by atomic mass is 19.1. The third kappa shape index (κ3) is 4.20. The fourth-order valence-corrected chi connectivity index (χ4v) is 3.35. The number of benzene rings is 1. The molecule has 0 radical (unpaired) electrons. The zero-order valence-electron chi connectivity index (χ0n) is 13.3. The minimum atomic E-state index is -0.491. The molecule has 3 rings (SSSR count). The highest BCUT2D eigenvalue weighted by Gasteiger charge is 2.25. The molecule has 6 heteroatoms. The van der Waals surface area contributed by atoms with Gasteiger partial charge in [0, 0.05) is 57.9 Å². The second kappa shape index (κ2) is 7.27. The third-order valence-electron chi connectivity index (χ3n) is 4.64. The normalized spacial score (nSPS) is 21.0. The lowest BCUT2D eigenvalue weighted by atomic mass is 10.2. The maximum atomic E-state index is 13.0. The van der Waals surface area contributed by atoms with E-state index in [9.17, 15) is 14.3 Å². The summed E-state index contributed by atoms with van der Waals surface area (Å²) in [5.41, 5.74) is 1.04. The van der Waals surface area contributed by atoms with Crippen molar-refractivity contribution in [2.75, 3.05) is 50.7 Å². The number of halogens is 1. The largest absolute Gasteiger partial charge is 0.390 e. The molecule has 2 aliphatic rings. The second-order valence-corrected chi connectivity index (χ2v) is 6.36. The standard InChI is InChI=1S/C17H24FN3O2/c18-14-3-5-15(6-4-14)20-10-8-19(9-11-20)12-16(22)13-21-7-1-2-17(21)23/h3-6,16,22H,1-2,7-13H2. The Morgan fingerprint density at radius 2 is 1.74 bits per heavy atom. The molecule has 0 spiro atoms. The van der Waals surface area contributed by atoms with Crippen LogP contribution in [0.3, 0.4) is 0 Å². The number of likely N-dealkylation sites (tertiary alicyclic amines) is 1. The van der Waals surface area contributed by atoms with Crippen molar-refractivity contribution in [3.05, 3.63) is 30.1 Å². The van der Waals surface area contributed by atoms with E-state index >= 15 is 0 Å². The predicted molar refractivity (Wildman–Crippen MR) is 86.9 cm³/mol. The van der Waals surface area contributed by atoms with Gasteiger partial charge in [-0.2, -0.15) is 0 Å². The number of hydrogen-bond acceptors (Lipinski definition) is 4. The van der Waals surface area contributed by atoms with E-state index in [1.165, 1.54) is 12.1 Å². The number of nitrogens with zero attached hydrogens (tertiary/aromatic N) is 3. The van der Waals surface area contributed by atoms with E-state index in [4.69, 9.17) is 0 Å². The molecular weight excluding hydrogens is 297 g/mol. The maximum absolute atomic E-state index is 13.0. The Kier molecular flexibility index (Phi) is 5.13.